The van der Waals surface area contributed by atoms with Crippen LogP contribution in [0.25, 0.3) is 0 Å². The number of alkyl halides is 3. The third kappa shape index (κ3) is 6.82. The Bertz CT molecular complexity index is 208. The van der Waals surface area contributed by atoms with E-state index < -0.39 is 12.7 Å². The maximum Gasteiger partial charge on any atom is 0.401 e. The minimum Gasteiger partial charge on any atom is -0.395 e. The van der Waals surface area contributed by atoms with Crippen LogP contribution >= 0.6 is 0 Å². The van der Waals surface area contributed by atoms with Crippen LogP contribution in [0.3, 0.4) is 0 Å². The van der Waals surface area contributed by atoms with Crippen molar-refractivity contribution < 1.29 is 23.0 Å². The molecule has 17 heavy (non-hydrogen) atoms. The molecule has 1 aliphatic heterocycles. The van der Waals surface area contributed by atoms with Gasteiger partial charge in [-0.3, -0.25) is 9.80 Å². The molecule has 7 heteroatoms. The molecule has 1 fully saturated rings. The quantitative estimate of drug-likeness (QED) is 0.735. The van der Waals surface area contributed by atoms with Crippen LogP contribution in [-0.2, 0) is 4.74 Å². The van der Waals surface area contributed by atoms with Crippen LogP contribution in [0, 0.1) is 0 Å². The van der Waals surface area contributed by atoms with Gasteiger partial charge in [0.15, 0.2) is 0 Å². The third-order valence-electron chi connectivity index (χ3n) is 2.66. The first-order valence-corrected chi connectivity index (χ1v) is 5.71. The number of hydrogen-bond donors (Lipinski definition) is 1. The van der Waals surface area contributed by atoms with Gasteiger partial charge in [-0.1, -0.05) is 0 Å². The maximum absolute atomic E-state index is 12.2. The molecule has 1 heterocycles. The predicted molar refractivity (Wildman–Crippen MR) is 56.8 cm³/mol. The highest BCUT2D eigenvalue weighted by molar-refractivity contribution is 4.68. The van der Waals surface area contributed by atoms with Gasteiger partial charge < -0.3 is 9.84 Å². The lowest BCUT2D eigenvalue weighted by molar-refractivity contribution is -0.147. The van der Waals surface area contributed by atoms with Gasteiger partial charge in [-0.25, -0.2) is 0 Å². The Morgan fingerprint density at radius 1 is 1.18 bits per heavy atom. The zero-order valence-electron chi connectivity index (χ0n) is 9.75. The summed E-state index contributed by atoms with van der Waals surface area (Å²) in [6.45, 7) is 2.55. The number of aliphatic hydroxyl groups is 1. The summed E-state index contributed by atoms with van der Waals surface area (Å²) in [6, 6.07) is 0. The SMILES string of the molecule is OCCN(CCN1CCOCC1)CC(F)(F)F. The molecule has 0 amide bonds. The number of hydrogen-bond acceptors (Lipinski definition) is 4. The first kappa shape index (κ1) is 14.7. The van der Waals surface area contributed by atoms with E-state index in [1.807, 2.05) is 0 Å². The lowest BCUT2D eigenvalue weighted by Crippen LogP contribution is -2.44. The van der Waals surface area contributed by atoms with E-state index >= 15 is 0 Å². The molecular formula is C10H19F3N2O2. The van der Waals surface area contributed by atoms with Crippen molar-refractivity contribution in [2.45, 2.75) is 6.18 Å². The van der Waals surface area contributed by atoms with Gasteiger partial charge in [0.2, 0.25) is 0 Å². The van der Waals surface area contributed by atoms with E-state index in [4.69, 9.17) is 9.84 Å². The van der Waals surface area contributed by atoms with Crippen molar-refractivity contribution in [2.75, 3.05) is 59.1 Å². The molecule has 1 aliphatic rings. The number of aliphatic hydroxyl groups excluding tert-OH is 1. The summed E-state index contributed by atoms with van der Waals surface area (Å²) in [6.07, 6.45) is -4.21. The molecule has 0 aromatic heterocycles. The average Bonchev–Trinajstić information content (AvgIpc) is 2.26. The van der Waals surface area contributed by atoms with Crippen molar-refractivity contribution in [1.29, 1.82) is 0 Å². The highest BCUT2D eigenvalue weighted by Gasteiger charge is 2.30. The van der Waals surface area contributed by atoms with E-state index in [-0.39, 0.29) is 13.2 Å². The highest BCUT2D eigenvalue weighted by Crippen LogP contribution is 2.16. The molecular weight excluding hydrogens is 237 g/mol. The Hall–Kier alpha value is -0.370. The maximum atomic E-state index is 12.2. The number of nitrogens with zero attached hydrogens (tertiary/aromatic N) is 2. The van der Waals surface area contributed by atoms with Gasteiger partial charge in [-0.2, -0.15) is 13.2 Å². The first-order chi connectivity index (χ1) is 8.01. The zero-order chi connectivity index (χ0) is 12.7. The van der Waals surface area contributed by atoms with Gasteiger partial charge in [-0.05, 0) is 0 Å². The van der Waals surface area contributed by atoms with Crippen molar-refractivity contribution in [3.63, 3.8) is 0 Å². The Labute approximate surface area is 98.9 Å². The lowest BCUT2D eigenvalue weighted by Gasteiger charge is -2.30. The monoisotopic (exact) mass is 256 g/mol. The second-order valence-corrected chi connectivity index (χ2v) is 4.07. The minimum atomic E-state index is -4.21. The van der Waals surface area contributed by atoms with E-state index in [0.29, 0.717) is 26.3 Å². The van der Waals surface area contributed by atoms with Crippen molar-refractivity contribution in [3.8, 4) is 0 Å². The molecule has 102 valence electrons. The fourth-order valence-electron chi connectivity index (χ4n) is 1.77. The van der Waals surface area contributed by atoms with Gasteiger partial charge in [0, 0.05) is 32.7 Å². The van der Waals surface area contributed by atoms with Gasteiger partial charge in [-0.15, -0.1) is 0 Å². The molecule has 1 N–H and O–H groups in total. The molecule has 0 unspecified atom stereocenters. The molecule has 0 aliphatic carbocycles. The molecule has 1 rings (SSSR count). The van der Waals surface area contributed by atoms with Crippen molar-refractivity contribution >= 4 is 0 Å². The second-order valence-electron chi connectivity index (χ2n) is 4.07. The third-order valence-corrected chi connectivity index (χ3v) is 2.66. The van der Waals surface area contributed by atoms with E-state index in [2.05, 4.69) is 4.90 Å². The molecule has 0 bridgehead atoms. The summed E-state index contributed by atoms with van der Waals surface area (Å²) in [5, 5.41) is 8.73. The van der Waals surface area contributed by atoms with E-state index in [1.54, 1.807) is 0 Å². The fourth-order valence-corrected chi connectivity index (χ4v) is 1.77. The summed E-state index contributed by atoms with van der Waals surface area (Å²) in [5.41, 5.74) is 0. The van der Waals surface area contributed by atoms with Gasteiger partial charge in [0.05, 0.1) is 26.4 Å². The molecule has 0 spiro atoms. The standard InChI is InChI=1S/C10H19F3N2O2/c11-10(12,13)9-15(3-6-16)2-1-14-4-7-17-8-5-14/h16H,1-9H2. The average molecular weight is 256 g/mol. The van der Waals surface area contributed by atoms with Crippen LogP contribution in [0.2, 0.25) is 0 Å². The van der Waals surface area contributed by atoms with Gasteiger partial charge >= 0.3 is 6.18 Å². The van der Waals surface area contributed by atoms with E-state index in [9.17, 15) is 13.2 Å². The zero-order valence-corrected chi connectivity index (χ0v) is 9.75. The molecule has 4 nitrogen and oxygen atoms in total. The number of halogens is 3. The van der Waals surface area contributed by atoms with Crippen LogP contribution in [0.1, 0.15) is 0 Å². The summed E-state index contributed by atoms with van der Waals surface area (Å²) in [5.74, 6) is 0. The molecule has 0 aromatic carbocycles. The van der Waals surface area contributed by atoms with Crippen molar-refractivity contribution in [3.05, 3.63) is 0 Å². The topological polar surface area (TPSA) is 35.9 Å². The number of rotatable bonds is 6. The largest absolute Gasteiger partial charge is 0.401 e. The van der Waals surface area contributed by atoms with Gasteiger partial charge in [0.1, 0.15) is 0 Å². The second kappa shape index (κ2) is 7.15. The summed E-state index contributed by atoms with van der Waals surface area (Å²) in [7, 11) is 0. The summed E-state index contributed by atoms with van der Waals surface area (Å²) >= 11 is 0. The number of morpholine rings is 1. The normalized spacial score (nSPS) is 18.9. The van der Waals surface area contributed by atoms with Crippen LogP contribution in [0.5, 0.6) is 0 Å². The van der Waals surface area contributed by atoms with Gasteiger partial charge in [0.25, 0.3) is 0 Å². The summed E-state index contributed by atoms with van der Waals surface area (Å²) < 4.78 is 41.9. The van der Waals surface area contributed by atoms with E-state index in [1.165, 1.54) is 4.90 Å². The Kier molecular flexibility index (Phi) is 6.18. The highest BCUT2D eigenvalue weighted by atomic mass is 19.4. The van der Waals surface area contributed by atoms with Crippen LogP contribution in [0.15, 0.2) is 0 Å². The smallest absolute Gasteiger partial charge is 0.395 e. The number of ether oxygens (including phenoxy) is 1. The first-order valence-electron chi connectivity index (χ1n) is 5.71. The molecule has 1 saturated heterocycles. The van der Waals surface area contributed by atoms with E-state index in [0.717, 1.165) is 13.1 Å². The predicted octanol–water partition coefficient (Wildman–Crippen LogP) is 0.175. The fraction of sp³-hybridized carbons (Fsp3) is 1.00. The Morgan fingerprint density at radius 2 is 1.82 bits per heavy atom. The minimum absolute atomic E-state index is 0.0594. The van der Waals surface area contributed by atoms with Crippen molar-refractivity contribution in [2.24, 2.45) is 0 Å². The lowest BCUT2D eigenvalue weighted by atomic mass is 10.3. The molecule has 0 radical (unpaired) electrons. The van der Waals surface area contributed by atoms with Crippen LogP contribution in [0.4, 0.5) is 13.2 Å². The molecule has 0 atom stereocenters. The molecule has 0 saturated carbocycles. The van der Waals surface area contributed by atoms with Crippen LogP contribution in [-0.4, -0.2) is 80.2 Å². The molecule has 0 aromatic rings. The van der Waals surface area contributed by atoms with Crippen LogP contribution < -0.4 is 0 Å². The summed E-state index contributed by atoms with van der Waals surface area (Å²) in [4.78, 5) is 3.31. The Morgan fingerprint density at radius 3 is 2.35 bits per heavy atom. The Balaban J connectivity index is 2.27. The van der Waals surface area contributed by atoms with Crippen molar-refractivity contribution in [1.82, 2.24) is 9.80 Å².